The van der Waals surface area contributed by atoms with Gasteiger partial charge >= 0.3 is 0 Å². The van der Waals surface area contributed by atoms with Gasteiger partial charge < -0.3 is 10.1 Å². The van der Waals surface area contributed by atoms with Gasteiger partial charge in [0.2, 0.25) is 26.0 Å². The molecule has 0 amide bonds. The molecule has 5 rings (SSSR count). The van der Waals surface area contributed by atoms with E-state index < -0.39 is 20.0 Å². The van der Waals surface area contributed by atoms with Crippen molar-refractivity contribution in [1.29, 1.82) is 0 Å². The van der Waals surface area contributed by atoms with E-state index in [4.69, 9.17) is 14.7 Å². The first kappa shape index (κ1) is 36.6. The lowest BCUT2D eigenvalue weighted by molar-refractivity contribution is 0.415. The Morgan fingerprint density at radius 1 is 0.627 bits per heavy atom. The van der Waals surface area contributed by atoms with Crippen LogP contribution in [0.2, 0.25) is 0 Å². The first-order valence-electron chi connectivity index (χ1n) is 15.5. The van der Waals surface area contributed by atoms with Gasteiger partial charge in [0.15, 0.2) is 11.6 Å². The van der Waals surface area contributed by atoms with Crippen molar-refractivity contribution < 1.29 is 21.6 Å². The van der Waals surface area contributed by atoms with Crippen molar-refractivity contribution in [3.05, 3.63) is 114 Å². The number of hydrazone groups is 2. The summed E-state index contributed by atoms with van der Waals surface area (Å²) in [4.78, 5) is 9.84. The van der Waals surface area contributed by atoms with E-state index in [1.807, 2.05) is 54.6 Å². The molecule has 0 aliphatic carbocycles. The largest absolute Gasteiger partial charge is 0.497 e. The summed E-state index contributed by atoms with van der Waals surface area (Å²) >= 11 is 0. The number of hydrogen-bond donors (Lipinski definition) is 5. The van der Waals surface area contributed by atoms with Crippen molar-refractivity contribution in [2.75, 3.05) is 37.4 Å². The minimum absolute atomic E-state index is 0.134. The van der Waals surface area contributed by atoms with Gasteiger partial charge in [-0.25, -0.2) is 26.3 Å². The second kappa shape index (κ2) is 15.9. The van der Waals surface area contributed by atoms with E-state index in [0.29, 0.717) is 45.5 Å². The average molecular weight is 728 g/mol. The minimum atomic E-state index is -3.59. The number of methoxy groups -OCH3 is 1. The smallest absolute Gasteiger partial charge is 0.240 e. The normalized spacial score (nSPS) is 12.3. The lowest BCUT2D eigenvalue weighted by Gasteiger charge is -2.16. The Morgan fingerprint density at radius 2 is 1.08 bits per heavy atom. The third kappa shape index (κ3) is 8.92. The summed E-state index contributed by atoms with van der Waals surface area (Å²) in [6, 6.07) is 29.4. The van der Waals surface area contributed by atoms with Gasteiger partial charge in [-0.1, -0.05) is 54.6 Å². The average Bonchev–Trinajstić information content (AvgIpc) is 3.16. The van der Waals surface area contributed by atoms with Crippen LogP contribution in [0.4, 0.5) is 23.3 Å². The predicted molar refractivity (Wildman–Crippen MR) is 201 cm³/mol. The zero-order chi connectivity index (χ0) is 36.6. The lowest BCUT2D eigenvalue weighted by atomic mass is 10.1. The van der Waals surface area contributed by atoms with E-state index in [2.05, 4.69) is 35.8 Å². The lowest BCUT2D eigenvalue weighted by Crippen LogP contribution is -2.18. The van der Waals surface area contributed by atoms with Crippen LogP contribution < -0.4 is 30.3 Å². The van der Waals surface area contributed by atoms with E-state index in [0.717, 1.165) is 11.3 Å². The van der Waals surface area contributed by atoms with Crippen molar-refractivity contribution in [2.24, 2.45) is 10.2 Å². The number of sulfonamides is 2. The minimum Gasteiger partial charge on any atom is -0.497 e. The highest BCUT2D eigenvalue weighted by Gasteiger charge is 2.19. The van der Waals surface area contributed by atoms with Crippen molar-refractivity contribution in [1.82, 2.24) is 19.4 Å². The fourth-order valence-corrected chi connectivity index (χ4v) is 6.21. The number of aromatic nitrogens is 2. The fraction of sp³-hybridized carbons (Fsp3) is 0.143. The third-order valence-corrected chi connectivity index (χ3v) is 10.5. The first-order chi connectivity index (χ1) is 24.4. The molecule has 5 aromatic rings. The molecule has 0 saturated heterocycles. The number of benzene rings is 4. The Kier molecular flexibility index (Phi) is 11.4. The first-order valence-corrected chi connectivity index (χ1v) is 18.5. The van der Waals surface area contributed by atoms with Crippen LogP contribution in [0, 0.1) is 0 Å². The maximum atomic E-state index is 12.2. The predicted octanol–water partition coefficient (Wildman–Crippen LogP) is 5.38. The molecular weight excluding hydrogens is 691 g/mol. The van der Waals surface area contributed by atoms with Crippen molar-refractivity contribution >= 4 is 54.7 Å². The molecule has 0 spiro atoms. The molecule has 0 atom stereocenters. The number of nitrogens with one attached hydrogen (secondary N) is 5. The second-order valence-electron chi connectivity index (χ2n) is 10.9. The molecule has 0 aliphatic heterocycles. The molecule has 1 aromatic heterocycles. The molecule has 0 bridgehead atoms. The van der Waals surface area contributed by atoms with E-state index in [1.165, 1.54) is 38.4 Å². The summed E-state index contributed by atoms with van der Waals surface area (Å²) in [5.41, 5.74) is 10.7. The van der Waals surface area contributed by atoms with Crippen LogP contribution in [-0.4, -0.2) is 59.4 Å². The van der Waals surface area contributed by atoms with Gasteiger partial charge in [0.25, 0.3) is 0 Å². The maximum absolute atomic E-state index is 12.2. The summed E-state index contributed by atoms with van der Waals surface area (Å²) in [6.07, 6.45) is 0. The standard InChI is InChI=1S/C35H37N9O5S2/c1-23(25-13-19-30(20-14-25)50(45,46)36-3)41-43-33-32(27-11-17-29(49-5)18-12-27)34(40-35(39-33)38-28-9-7-6-8-10-28)44-42-24(2)26-15-21-31(22-16-26)51(47,48)37-4/h6-22,36-37H,1-5H3,(H3,38,39,40,43,44). The zero-order valence-electron chi connectivity index (χ0n) is 28.5. The Labute approximate surface area is 297 Å². The van der Waals surface area contributed by atoms with Crippen LogP contribution in [0.5, 0.6) is 5.75 Å². The summed E-state index contributed by atoms with van der Waals surface area (Å²) in [5, 5.41) is 12.4. The van der Waals surface area contributed by atoms with Gasteiger partial charge in [-0.3, -0.25) is 10.9 Å². The molecule has 1 heterocycles. The molecule has 4 aromatic carbocycles. The topological polar surface area (TPSA) is 188 Å². The van der Waals surface area contributed by atoms with Gasteiger partial charge in [-0.15, -0.1) is 0 Å². The Hall–Kier alpha value is -5.68. The quantitative estimate of drug-likeness (QED) is 0.0734. The maximum Gasteiger partial charge on any atom is 0.240 e. The molecule has 16 heteroatoms. The highest BCUT2D eigenvalue weighted by molar-refractivity contribution is 7.89. The van der Waals surface area contributed by atoms with Crippen LogP contribution in [0.1, 0.15) is 25.0 Å². The van der Waals surface area contributed by atoms with Crippen LogP contribution in [0.3, 0.4) is 0 Å². The Bertz CT molecular complexity index is 2150. The number of anilines is 4. The Morgan fingerprint density at radius 3 is 1.49 bits per heavy atom. The van der Waals surface area contributed by atoms with Crippen LogP contribution in [0.25, 0.3) is 11.1 Å². The molecule has 0 saturated carbocycles. The van der Waals surface area contributed by atoms with E-state index >= 15 is 0 Å². The van der Waals surface area contributed by atoms with Gasteiger partial charge in [-0.05, 0) is 93.2 Å². The molecule has 0 aliphatic rings. The number of nitrogens with zero attached hydrogens (tertiary/aromatic N) is 4. The van der Waals surface area contributed by atoms with Crippen LogP contribution >= 0.6 is 0 Å². The highest BCUT2D eigenvalue weighted by Crippen LogP contribution is 2.36. The molecule has 14 nitrogen and oxygen atoms in total. The number of ether oxygens (including phenoxy) is 1. The molecule has 0 unspecified atom stereocenters. The summed E-state index contributed by atoms with van der Waals surface area (Å²) in [7, 11) is -2.89. The van der Waals surface area contributed by atoms with Crippen molar-refractivity contribution in [3.8, 4) is 16.9 Å². The second-order valence-corrected chi connectivity index (χ2v) is 14.7. The van der Waals surface area contributed by atoms with E-state index in [9.17, 15) is 16.8 Å². The molecule has 5 N–H and O–H groups in total. The number of hydrogen-bond acceptors (Lipinski definition) is 12. The monoisotopic (exact) mass is 727 g/mol. The molecular formula is C35H37N9O5S2. The van der Waals surface area contributed by atoms with Gasteiger partial charge in [0, 0.05) is 5.69 Å². The summed E-state index contributed by atoms with van der Waals surface area (Å²) in [5.74, 6) is 1.56. The zero-order valence-corrected chi connectivity index (χ0v) is 30.1. The molecule has 264 valence electrons. The molecule has 0 fully saturated rings. The summed E-state index contributed by atoms with van der Waals surface area (Å²) < 4.78 is 58.9. The fourth-order valence-electron chi connectivity index (χ4n) is 4.75. The van der Waals surface area contributed by atoms with Crippen LogP contribution in [0.15, 0.2) is 123 Å². The van der Waals surface area contributed by atoms with Gasteiger partial charge in [-0.2, -0.15) is 20.2 Å². The number of para-hydroxylation sites is 1. The SMILES string of the molecule is CNS(=O)(=O)c1ccc(C(C)=NNc2nc(Nc3ccccc3)nc(NN=C(C)c3ccc(S(=O)(=O)NC)cc3)c2-c2ccc(OC)cc2)cc1. The number of rotatable bonds is 14. The molecule has 0 radical (unpaired) electrons. The van der Waals surface area contributed by atoms with Gasteiger partial charge in [0.1, 0.15) is 5.75 Å². The van der Waals surface area contributed by atoms with E-state index in [-0.39, 0.29) is 15.7 Å². The van der Waals surface area contributed by atoms with E-state index in [1.54, 1.807) is 45.2 Å². The molecule has 51 heavy (non-hydrogen) atoms. The van der Waals surface area contributed by atoms with Crippen molar-refractivity contribution in [3.63, 3.8) is 0 Å². The van der Waals surface area contributed by atoms with Crippen molar-refractivity contribution in [2.45, 2.75) is 23.6 Å². The third-order valence-electron chi connectivity index (χ3n) is 7.68. The highest BCUT2D eigenvalue weighted by atomic mass is 32.2. The summed E-state index contributed by atoms with van der Waals surface area (Å²) in [6.45, 7) is 3.57. The Balaban J connectivity index is 1.58. The van der Waals surface area contributed by atoms with Crippen LogP contribution in [-0.2, 0) is 20.0 Å². The van der Waals surface area contributed by atoms with Gasteiger partial charge in [0.05, 0.1) is 33.9 Å².